The van der Waals surface area contributed by atoms with E-state index in [1.807, 2.05) is 17.6 Å². The lowest BCUT2D eigenvalue weighted by Gasteiger charge is -2.43. The smallest absolute Gasteiger partial charge is 0.345 e. The van der Waals surface area contributed by atoms with Crippen molar-refractivity contribution >= 4 is 28.6 Å². The fraction of sp³-hybridized carbons (Fsp3) is 0.500. The van der Waals surface area contributed by atoms with Crippen LogP contribution in [0.3, 0.4) is 0 Å². The van der Waals surface area contributed by atoms with Crippen molar-refractivity contribution in [3.8, 4) is 0 Å². The zero-order valence-electron chi connectivity index (χ0n) is 12.7. The minimum absolute atomic E-state index is 0.272. The molecule has 0 saturated carbocycles. The first-order valence-corrected chi connectivity index (χ1v) is 9.47. The van der Waals surface area contributed by atoms with Gasteiger partial charge in [-0.15, -0.1) is 22.7 Å². The molecule has 0 atom stereocenters. The van der Waals surface area contributed by atoms with E-state index in [9.17, 15) is 9.90 Å². The summed E-state index contributed by atoms with van der Waals surface area (Å²) in [7, 11) is 0. The Balaban J connectivity index is 1.52. The van der Waals surface area contributed by atoms with Gasteiger partial charge in [-0.25, -0.2) is 9.78 Å². The van der Waals surface area contributed by atoms with E-state index >= 15 is 0 Å². The van der Waals surface area contributed by atoms with E-state index in [2.05, 4.69) is 9.88 Å². The van der Waals surface area contributed by atoms with Gasteiger partial charge in [0.1, 0.15) is 15.5 Å². The van der Waals surface area contributed by atoms with Gasteiger partial charge in [0.05, 0.1) is 13.2 Å². The van der Waals surface area contributed by atoms with Crippen molar-refractivity contribution in [3.05, 3.63) is 38.0 Å². The summed E-state index contributed by atoms with van der Waals surface area (Å²) in [6.45, 7) is 3.50. The number of thiazole rings is 1. The van der Waals surface area contributed by atoms with Gasteiger partial charge in [0.15, 0.2) is 0 Å². The molecule has 4 rings (SSSR count). The number of ether oxygens (including phenoxy) is 1. The lowest BCUT2D eigenvalue weighted by molar-refractivity contribution is -0.0960. The molecule has 1 spiro atoms. The third-order valence-corrected chi connectivity index (χ3v) is 6.80. The zero-order chi connectivity index (χ0) is 15.9. The van der Waals surface area contributed by atoms with Gasteiger partial charge < -0.3 is 9.84 Å². The summed E-state index contributed by atoms with van der Waals surface area (Å²) in [5.41, 5.74) is 0.901. The number of carbonyl (C=O) groups is 1. The minimum atomic E-state index is -0.833. The van der Waals surface area contributed by atoms with Crippen molar-refractivity contribution in [1.82, 2.24) is 9.88 Å². The first-order chi connectivity index (χ1) is 11.2. The Kier molecular flexibility index (Phi) is 3.96. The number of hydrogen-bond acceptors (Lipinski definition) is 6. The normalized spacial score (nSPS) is 20.5. The maximum atomic E-state index is 11.3. The number of aromatic carboxylic acids is 1. The molecule has 1 N–H and O–H groups in total. The van der Waals surface area contributed by atoms with Crippen LogP contribution in [0.25, 0.3) is 0 Å². The van der Waals surface area contributed by atoms with Crippen LogP contribution in [0.2, 0.25) is 0 Å². The van der Waals surface area contributed by atoms with Crippen LogP contribution in [0.4, 0.5) is 0 Å². The van der Waals surface area contributed by atoms with Gasteiger partial charge in [-0.3, -0.25) is 4.90 Å². The lowest BCUT2D eigenvalue weighted by atomic mass is 9.85. The molecule has 0 bridgehead atoms. The highest BCUT2D eigenvalue weighted by Gasteiger charge is 2.42. The predicted molar refractivity (Wildman–Crippen MR) is 89.2 cm³/mol. The molecule has 1 fully saturated rings. The maximum absolute atomic E-state index is 11.3. The molecule has 4 heterocycles. The average molecular weight is 350 g/mol. The Hall–Kier alpha value is -1.28. The number of piperidine rings is 1. The van der Waals surface area contributed by atoms with E-state index in [0.29, 0.717) is 11.5 Å². The Morgan fingerprint density at radius 2 is 2.26 bits per heavy atom. The molecule has 23 heavy (non-hydrogen) atoms. The maximum Gasteiger partial charge on any atom is 0.345 e. The van der Waals surface area contributed by atoms with Crippen LogP contribution in [0.5, 0.6) is 0 Å². The highest BCUT2D eigenvalue weighted by atomic mass is 32.1. The number of carboxylic acid groups (broad SMARTS) is 1. The molecule has 2 aliphatic heterocycles. The molecule has 2 aromatic heterocycles. The second-order valence-corrected chi connectivity index (χ2v) is 8.10. The van der Waals surface area contributed by atoms with Gasteiger partial charge in [0, 0.05) is 29.5 Å². The van der Waals surface area contributed by atoms with Crippen molar-refractivity contribution in [3.63, 3.8) is 0 Å². The number of likely N-dealkylation sites (tertiary alicyclic amines) is 1. The molecule has 0 aromatic carbocycles. The van der Waals surface area contributed by atoms with Crippen molar-refractivity contribution in [2.75, 3.05) is 19.7 Å². The number of fused-ring (bicyclic) bond motifs is 2. The van der Waals surface area contributed by atoms with Gasteiger partial charge >= 0.3 is 5.97 Å². The summed E-state index contributed by atoms with van der Waals surface area (Å²) in [4.78, 5) is 19.6. The first kappa shape index (κ1) is 15.3. The third-order valence-electron chi connectivity index (χ3n) is 4.69. The van der Waals surface area contributed by atoms with Crippen LogP contribution in [0, 0.1) is 0 Å². The highest BCUT2D eigenvalue weighted by molar-refractivity contribution is 7.14. The minimum Gasteiger partial charge on any atom is -0.477 e. The fourth-order valence-electron chi connectivity index (χ4n) is 3.49. The summed E-state index contributed by atoms with van der Waals surface area (Å²) >= 11 is 3.09. The van der Waals surface area contributed by atoms with E-state index in [4.69, 9.17) is 4.74 Å². The Morgan fingerprint density at radius 3 is 2.96 bits per heavy atom. The summed E-state index contributed by atoms with van der Waals surface area (Å²) in [6.07, 6.45) is 4.51. The molecular formula is C16H18N2O3S2. The molecule has 0 amide bonds. The summed E-state index contributed by atoms with van der Waals surface area (Å²) in [5, 5.41) is 12.4. The van der Waals surface area contributed by atoms with Crippen LogP contribution in [-0.4, -0.2) is 40.7 Å². The van der Waals surface area contributed by atoms with Crippen LogP contribution in [-0.2, 0) is 23.3 Å². The Labute approximate surface area is 142 Å². The van der Waals surface area contributed by atoms with E-state index < -0.39 is 5.97 Å². The van der Waals surface area contributed by atoms with Crippen molar-refractivity contribution < 1.29 is 14.6 Å². The average Bonchev–Trinajstić information content (AvgIpc) is 3.20. The summed E-state index contributed by atoms with van der Waals surface area (Å²) < 4.78 is 6.19. The van der Waals surface area contributed by atoms with Crippen LogP contribution >= 0.6 is 22.7 Å². The van der Waals surface area contributed by atoms with Crippen LogP contribution < -0.4 is 0 Å². The van der Waals surface area contributed by atoms with Gasteiger partial charge in [0.25, 0.3) is 0 Å². The zero-order valence-corrected chi connectivity index (χ0v) is 14.3. The van der Waals surface area contributed by atoms with E-state index in [1.165, 1.54) is 16.9 Å². The molecule has 2 aromatic rings. The fourth-order valence-corrected chi connectivity index (χ4v) is 5.40. The third kappa shape index (κ3) is 2.82. The van der Waals surface area contributed by atoms with Crippen molar-refractivity contribution in [2.24, 2.45) is 0 Å². The SMILES string of the molecule is O=C(O)c1cc2c(s1)C1(CCN(Cc3nccs3)CC1)OCC2. The summed E-state index contributed by atoms with van der Waals surface area (Å²) in [5.74, 6) is -0.833. The second-order valence-electron chi connectivity index (χ2n) is 6.06. The molecular weight excluding hydrogens is 332 g/mol. The monoisotopic (exact) mass is 350 g/mol. The molecule has 0 aliphatic carbocycles. The van der Waals surface area contributed by atoms with E-state index in [-0.39, 0.29) is 5.60 Å². The number of thiophene rings is 1. The van der Waals surface area contributed by atoms with Gasteiger partial charge in [-0.05, 0) is 30.9 Å². The number of rotatable bonds is 3. The Morgan fingerprint density at radius 1 is 1.43 bits per heavy atom. The molecule has 122 valence electrons. The number of hydrogen-bond donors (Lipinski definition) is 1. The standard InChI is InChI=1S/C16H18N2O3S2/c19-15(20)12-9-11-1-7-21-16(14(11)23-12)2-5-18(6-3-16)10-13-17-4-8-22-13/h4,8-9H,1-3,5-7,10H2,(H,19,20). The summed E-state index contributed by atoms with van der Waals surface area (Å²) in [6, 6.07) is 1.84. The van der Waals surface area contributed by atoms with E-state index in [1.54, 1.807) is 11.3 Å². The van der Waals surface area contributed by atoms with Crippen molar-refractivity contribution in [2.45, 2.75) is 31.4 Å². The number of carboxylic acids is 1. The highest BCUT2D eigenvalue weighted by Crippen LogP contribution is 2.45. The topological polar surface area (TPSA) is 62.7 Å². The van der Waals surface area contributed by atoms with Crippen LogP contribution in [0.15, 0.2) is 17.6 Å². The number of nitrogens with zero attached hydrogens (tertiary/aromatic N) is 2. The molecule has 2 aliphatic rings. The largest absolute Gasteiger partial charge is 0.477 e. The molecule has 7 heteroatoms. The van der Waals surface area contributed by atoms with Crippen molar-refractivity contribution in [1.29, 1.82) is 0 Å². The van der Waals surface area contributed by atoms with Gasteiger partial charge in [-0.2, -0.15) is 0 Å². The first-order valence-electron chi connectivity index (χ1n) is 7.77. The second kappa shape index (κ2) is 5.98. The lowest BCUT2D eigenvalue weighted by Crippen LogP contribution is -2.45. The van der Waals surface area contributed by atoms with Gasteiger partial charge in [0.2, 0.25) is 0 Å². The molecule has 0 radical (unpaired) electrons. The molecule has 5 nitrogen and oxygen atoms in total. The predicted octanol–water partition coefficient (Wildman–Crippen LogP) is 2.97. The quantitative estimate of drug-likeness (QED) is 0.922. The van der Waals surface area contributed by atoms with E-state index in [0.717, 1.165) is 48.8 Å². The molecule has 1 saturated heterocycles. The van der Waals surface area contributed by atoms with Gasteiger partial charge in [-0.1, -0.05) is 0 Å². The Bertz CT molecular complexity index is 703. The molecule has 0 unspecified atom stereocenters. The number of aromatic nitrogens is 1. The van der Waals surface area contributed by atoms with Crippen LogP contribution in [0.1, 0.15) is 38.0 Å².